The fourth-order valence-corrected chi connectivity index (χ4v) is 3.28. The van der Waals surface area contributed by atoms with Crippen molar-refractivity contribution in [1.29, 1.82) is 0 Å². The molecular weight excluding hydrogens is 306 g/mol. The van der Waals surface area contributed by atoms with Gasteiger partial charge in [-0.1, -0.05) is 29.8 Å². The molecule has 0 atom stereocenters. The second-order valence-corrected chi connectivity index (χ2v) is 6.47. The molecule has 0 radical (unpaired) electrons. The number of ether oxygens (including phenoxy) is 1. The Morgan fingerprint density at radius 2 is 2.05 bits per heavy atom. The standard InChI is InChI=1S/C15H16ClN3OS/c1-20-15-10-18(9-13-7-8-14(16)21-13)11-19(17-15)12-5-3-2-4-6-12/h2-8,10,17H,9,11H2,1H3. The van der Waals surface area contributed by atoms with E-state index in [1.807, 2.05) is 35.5 Å². The number of anilines is 1. The first kappa shape index (κ1) is 14.1. The van der Waals surface area contributed by atoms with E-state index in [-0.39, 0.29) is 0 Å². The van der Waals surface area contributed by atoms with Gasteiger partial charge in [0, 0.05) is 4.88 Å². The Labute approximate surface area is 133 Å². The van der Waals surface area contributed by atoms with Crippen LogP contribution < -0.4 is 10.4 Å². The van der Waals surface area contributed by atoms with Gasteiger partial charge in [0.1, 0.15) is 6.67 Å². The number of nitrogens with zero attached hydrogens (tertiary/aromatic N) is 2. The highest BCUT2D eigenvalue weighted by Crippen LogP contribution is 2.24. The molecule has 0 saturated carbocycles. The summed E-state index contributed by atoms with van der Waals surface area (Å²) in [4.78, 5) is 3.41. The predicted molar refractivity (Wildman–Crippen MR) is 86.9 cm³/mol. The van der Waals surface area contributed by atoms with E-state index < -0.39 is 0 Å². The van der Waals surface area contributed by atoms with Crippen molar-refractivity contribution in [3.63, 3.8) is 0 Å². The molecule has 1 N–H and O–H groups in total. The Morgan fingerprint density at radius 1 is 1.24 bits per heavy atom. The van der Waals surface area contributed by atoms with Crippen LogP contribution in [-0.4, -0.2) is 18.7 Å². The van der Waals surface area contributed by atoms with Crippen molar-refractivity contribution in [2.75, 3.05) is 18.8 Å². The first-order valence-corrected chi connectivity index (χ1v) is 7.77. The molecule has 0 bridgehead atoms. The molecule has 1 aliphatic heterocycles. The van der Waals surface area contributed by atoms with Gasteiger partial charge in [-0.2, -0.15) is 0 Å². The summed E-state index contributed by atoms with van der Waals surface area (Å²) in [5.41, 5.74) is 4.34. The topological polar surface area (TPSA) is 27.7 Å². The summed E-state index contributed by atoms with van der Waals surface area (Å²) in [6, 6.07) is 14.2. The first-order valence-electron chi connectivity index (χ1n) is 6.58. The highest BCUT2D eigenvalue weighted by Gasteiger charge is 2.18. The van der Waals surface area contributed by atoms with Gasteiger partial charge in [-0.3, -0.25) is 10.4 Å². The van der Waals surface area contributed by atoms with Crippen molar-refractivity contribution < 1.29 is 4.74 Å². The Hall–Kier alpha value is -1.85. The van der Waals surface area contributed by atoms with Crippen LogP contribution in [0.4, 0.5) is 5.69 Å². The molecule has 0 fully saturated rings. The molecule has 1 aromatic heterocycles. The van der Waals surface area contributed by atoms with Crippen LogP contribution in [0.15, 0.2) is 54.5 Å². The fourth-order valence-electron chi connectivity index (χ4n) is 2.17. The normalized spacial score (nSPS) is 14.7. The summed E-state index contributed by atoms with van der Waals surface area (Å²) >= 11 is 7.60. The zero-order valence-corrected chi connectivity index (χ0v) is 13.2. The van der Waals surface area contributed by atoms with E-state index >= 15 is 0 Å². The van der Waals surface area contributed by atoms with Crippen molar-refractivity contribution in [2.24, 2.45) is 0 Å². The van der Waals surface area contributed by atoms with Crippen molar-refractivity contribution in [2.45, 2.75) is 6.54 Å². The lowest BCUT2D eigenvalue weighted by Crippen LogP contribution is -2.48. The van der Waals surface area contributed by atoms with E-state index in [2.05, 4.69) is 28.5 Å². The minimum absolute atomic E-state index is 0.716. The number of halogens is 1. The molecule has 110 valence electrons. The summed E-state index contributed by atoms with van der Waals surface area (Å²) in [7, 11) is 1.66. The van der Waals surface area contributed by atoms with Crippen LogP contribution in [0.25, 0.3) is 0 Å². The minimum Gasteiger partial charge on any atom is -0.480 e. The monoisotopic (exact) mass is 321 g/mol. The molecule has 0 aliphatic carbocycles. The molecule has 0 saturated heterocycles. The summed E-state index contributed by atoms with van der Waals surface area (Å²) < 4.78 is 6.18. The van der Waals surface area contributed by atoms with Crippen LogP contribution in [-0.2, 0) is 11.3 Å². The molecule has 21 heavy (non-hydrogen) atoms. The number of rotatable bonds is 4. The lowest BCUT2D eigenvalue weighted by Gasteiger charge is -2.36. The quantitative estimate of drug-likeness (QED) is 0.930. The van der Waals surface area contributed by atoms with E-state index in [9.17, 15) is 0 Å². The van der Waals surface area contributed by atoms with Crippen LogP contribution in [0.5, 0.6) is 0 Å². The maximum atomic E-state index is 6.00. The number of thiophene rings is 1. The molecular formula is C15H16ClN3OS. The SMILES string of the molecule is COC1=CN(Cc2ccc(Cl)s2)CN(c2ccccc2)N1. The molecule has 6 heteroatoms. The van der Waals surface area contributed by atoms with Gasteiger partial charge in [0.15, 0.2) is 0 Å². The summed E-state index contributed by atoms with van der Waals surface area (Å²) in [6.07, 6.45) is 1.98. The number of hydrogen-bond acceptors (Lipinski definition) is 5. The molecule has 2 heterocycles. The van der Waals surface area contributed by atoms with Gasteiger partial charge in [0.25, 0.3) is 0 Å². The minimum atomic E-state index is 0.716. The van der Waals surface area contributed by atoms with E-state index in [1.165, 1.54) is 4.88 Å². The average molecular weight is 322 g/mol. The van der Waals surface area contributed by atoms with Gasteiger partial charge in [-0.05, 0) is 24.3 Å². The van der Waals surface area contributed by atoms with E-state index in [0.29, 0.717) is 5.88 Å². The van der Waals surface area contributed by atoms with Gasteiger partial charge in [0.05, 0.1) is 29.9 Å². The van der Waals surface area contributed by atoms with Gasteiger partial charge < -0.3 is 9.64 Å². The zero-order chi connectivity index (χ0) is 14.7. The molecule has 0 amide bonds. The van der Waals surface area contributed by atoms with Crippen molar-refractivity contribution >= 4 is 28.6 Å². The molecule has 1 aliphatic rings. The predicted octanol–water partition coefficient (Wildman–Crippen LogP) is 3.63. The van der Waals surface area contributed by atoms with E-state index in [4.69, 9.17) is 16.3 Å². The molecule has 4 nitrogen and oxygen atoms in total. The van der Waals surface area contributed by atoms with Crippen LogP contribution >= 0.6 is 22.9 Å². The third kappa shape index (κ3) is 3.43. The Bertz CT molecular complexity index is 629. The molecule has 0 spiro atoms. The number of para-hydroxylation sites is 1. The lowest BCUT2D eigenvalue weighted by atomic mass is 10.3. The molecule has 2 aromatic rings. The second kappa shape index (κ2) is 6.28. The Kier molecular flexibility index (Phi) is 4.22. The molecule has 3 rings (SSSR count). The average Bonchev–Trinajstić information content (AvgIpc) is 2.93. The third-order valence-electron chi connectivity index (χ3n) is 3.14. The number of hydrazine groups is 1. The van der Waals surface area contributed by atoms with E-state index in [1.54, 1.807) is 18.4 Å². The number of hydrogen-bond donors (Lipinski definition) is 1. The Morgan fingerprint density at radius 3 is 2.71 bits per heavy atom. The van der Waals surface area contributed by atoms with Crippen LogP contribution in [0.2, 0.25) is 4.34 Å². The highest BCUT2D eigenvalue weighted by atomic mass is 35.5. The number of methoxy groups -OCH3 is 1. The second-order valence-electron chi connectivity index (χ2n) is 4.67. The van der Waals surface area contributed by atoms with Crippen LogP contribution in [0, 0.1) is 0 Å². The smallest absolute Gasteiger partial charge is 0.222 e. The third-order valence-corrected chi connectivity index (χ3v) is 4.36. The van der Waals surface area contributed by atoms with E-state index in [0.717, 1.165) is 23.2 Å². The highest BCUT2D eigenvalue weighted by molar-refractivity contribution is 7.16. The van der Waals surface area contributed by atoms with Crippen LogP contribution in [0.3, 0.4) is 0 Å². The molecule has 1 aromatic carbocycles. The maximum Gasteiger partial charge on any atom is 0.222 e. The lowest BCUT2D eigenvalue weighted by molar-refractivity contribution is 0.208. The van der Waals surface area contributed by atoms with Gasteiger partial charge >= 0.3 is 0 Å². The summed E-state index contributed by atoms with van der Waals surface area (Å²) in [5.74, 6) is 0.716. The van der Waals surface area contributed by atoms with Gasteiger partial charge in [0.2, 0.25) is 5.88 Å². The maximum absolute atomic E-state index is 6.00. The number of nitrogens with one attached hydrogen (secondary N) is 1. The largest absolute Gasteiger partial charge is 0.480 e. The zero-order valence-electron chi connectivity index (χ0n) is 11.6. The molecule has 0 unspecified atom stereocenters. The fraction of sp³-hybridized carbons (Fsp3) is 0.200. The van der Waals surface area contributed by atoms with Crippen molar-refractivity contribution in [3.8, 4) is 0 Å². The summed E-state index contributed by atoms with van der Waals surface area (Å²) in [6.45, 7) is 1.53. The van der Waals surface area contributed by atoms with Crippen LogP contribution in [0.1, 0.15) is 4.88 Å². The first-order chi connectivity index (χ1) is 10.2. The van der Waals surface area contributed by atoms with Crippen molar-refractivity contribution in [1.82, 2.24) is 10.3 Å². The van der Waals surface area contributed by atoms with Gasteiger partial charge in [-0.25, -0.2) is 0 Å². The van der Waals surface area contributed by atoms with Crippen molar-refractivity contribution in [3.05, 3.63) is 63.8 Å². The summed E-state index contributed by atoms with van der Waals surface area (Å²) in [5, 5.41) is 2.05. The Balaban J connectivity index is 1.77. The van der Waals surface area contributed by atoms with Gasteiger partial charge in [-0.15, -0.1) is 11.3 Å². The number of benzene rings is 1.